The number of carbonyl (C=O) groups is 2. The molecule has 1 atom stereocenters. The Bertz CT molecular complexity index is 159. The van der Waals surface area contributed by atoms with Gasteiger partial charge in [0.15, 0.2) is 5.34 Å². The highest BCUT2D eigenvalue weighted by Gasteiger charge is 2.14. The fourth-order valence-electron chi connectivity index (χ4n) is 0.470. The number of rotatable bonds is 5. The maximum absolute atomic E-state index is 10.5. The largest absolute Gasteiger partial charge is 0.355 e. The molecule has 0 radical (unpaired) electrons. The average molecular weight is 160 g/mol. The molecule has 0 rings (SSSR count). The van der Waals surface area contributed by atoms with Gasteiger partial charge in [0, 0.05) is 6.42 Å². The van der Waals surface area contributed by atoms with Crippen LogP contribution in [0, 0.1) is 4.91 Å². The van der Waals surface area contributed by atoms with E-state index in [-0.39, 0.29) is 12.8 Å². The van der Waals surface area contributed by atoms with Crippen LogP contribution in [0.2, 0.25) is 0 Å². The lowest BCUT2D eigenvalue weighted by molar-refractivity contribution is -0.145. The number of hydrogen-bond acceptors (Lipinski definition) is 6. The quantitative estimate of drug-likeness (QED) is 0.332. The van der Waals surface area contributed by atoms with Gasteiger partial charge in [-0.2, -0.15) is 0 Å². The molecule has 0 bridgehead atoms. The summed E-state index contributed by atoms with van der Waals surface area (Å²) in [5, 5.41) is 1.90. The first-order chi connectivity index (χ1) is 5.22. The molecule has 0 aliphatic heterocycles. The minimum atomic E-state index is -0.946. The Balaban J connectivity index is 3.62. The topological polar surface area (TPSA) is 98.8 Å². The van der Waals surface area contributed by atoms with E-state index in [1.807, 2.05) is 5.34 Å². The summed E-state index contributed by atoms with van der Waals surface area (Å²) in [6, 6.07) is -0.946. The third-order valence-corrected chi connectivity index (χ3v) is 1.03. The smallest absolute Gasteiger partial charge is 0.318 e. The van der Waals surface area contributed by atoms with Crippen molar-refractivity contribution in [3.63, 3.8) is 0 Å². The van der Waals surface area contributed by atoms with E-state index in [0.29, 0.717) is 6.29 Å². The predicted octanol–water partition coefficient (Wildman–Crippen LogP) is -0.483. The number of aldehydes is 1. The Hall–Kier alpha value is -1.30. The van der Waals surface area contributed by atoms with E-state index in [2.05, 4.69) is 4.84 Å². The third kappa shape index (κ3) is 4.15. The summed E-state index contributed by atoms with van der Waals surface area (Å²) in [6.45, 7) is 0. The number of nitrogens with two attached hydrogens (primary N) is 1. The minimum Gasteiger partial charge on any atom is -0.318 e. The first-order valence-electron chi connectivity index (χ1n) is 2.95. The van der Waals surface area contributed by atoms with Crippen molar-refractivity contribution < 1.29 is 14.4 Å². The minimum absolute atomic E-state index is 0.162. The van der Waals surface area contributed by atoms with Crippen molar-refractivity contribution in [2.75, 3.05) is 0 Å². The van der Waals surface area contributed by atoms with Crippen molar-refractivity contribution in [2.45, 2.75) is 18.9 Å². The van der Waals surface area contributed by atoms with Crippen molar-refractivity contribution in [1.82, 2.24) is 0 Å². The van der Waals surface area contributed by atoms with E-state index < -0.39 is 12.0 Å². The molecule has 0 aromatic heterocycles. The van der Waals surface area contributed by atoms with Gasteiger partial charge in [-0.25, -0.2) is 4.79 Å². The number of carbonyl (C=O) groups excluding carboxylic acids is 2. The van der Waals surface area contributed by atoms with Crippen molar-refractivity contribution in [2.24, 2.45) is 11.1 Å². The second kappa shape index (κ2) is 5.48. The van der Waals surface area contributed by atoms with Gasteiger partial charge in [0.05, 0.1) is 0 Å². The standard InChI is InChI=1S/C5H8N2O4/c6-4(2-1-3-8)5(9)11-7-10/h3-4H,1-2,6H2. The summed E-state index contributed by atoms with van der Waals surface area (Å²) in [4.78, 5) is 33.4. The Labute approximate surface area is 62.6 Å². The van der Waals surface area contributed by atoms with Crippen molar-refractivity contribution in [1.29, 1.82) is 0 Å². The zero-order valence-corrected chi connectivity index (χ0v) is 5.73. The summed E-state index contributed by atoms with van der Waals surface area (Å²) in [7, 11) is 0. The zero-order valence-electron chi connectivity index (χ0n) is 5.73. The Morgan fingerprint density at radius 3 is 2.82 bits per heavy atom. The molecule has 0 spiro atoms. The second-order valence-electron chi connectivity index (χ2n) is 1.84. The van der Waals surface area contributed by atoms with Crippen molar-refractivity contribution >= 4 is 12.3 Å². The summed E-state index contributed by atoms with van der Waals surface area (Å²) in [5.74, 6) is -0.915. The van der Waals surface area contributed by atoms with Gasteiger partial charge in [-0.15, -0.1) is 4.91 Å². The summed E-state index contributed by atoms with van der Waals surface area (Å²) in [5.41, 5.74) is 5.16. The van der Waals surface area contributed by atoms with Gasteiger partial charge in [-0.3, -0.25) is 4.84 Å². The number of nitrogens with zero attached hydrogens (tertiary/aromatic N) is 1. The molecule has 0 aromatic rings. The van der Waals surface area contributed by atoms with E-state index >= 15 is 0 Å². The molecule has 0 aliphatic rings. The van der Waals surface area contributed by atoms with E-state index in [4.69, 9.17) is 5.73 Å². The third-order valence-electron chi connectivity index (χ3n) is 1.03. The summed E-state index contributed by atoms with van der Waals surface area (Å²) in [6.07, 6.45) is 0.953. The van der Waals surface area contributed by atoms with Crippen LogP contribution in [0.5, 0.6) is 0 Å². The highest BCUT2D eigenvalue weighted by Crippen LogP contribution is 1.94. The molecule has 0 heterocycles. The molecule has 0 aromatic carbocycles. The molecular formula is C5H8N2O4. The summed E-state index contributed by atoms with van der Waals surface area (Å²) >= 11 is 0. The Morgan fingerprint density at radius 2 is 2.36 bits per heavy atom. The van der Waals surface area contributed by atoms with Crippen LogP contribution in [0.1, 0.15) is 12.8 Å². The fourth-order valence-corrected chi connectivity index (χ4v) is 0.470. The van der Waals surface area contributed by atoms with Gasteiger partial charge in [-0.1, -0.05) is 0 Å². The molecule has 0 saturated carbocycles. The molecule has 6 heteroatoms. The molecule has 6 nitrogen and oxygen atoms in total. The van der Waals surface area contributed by atoms with Crippen LogP contribution in [0.3, 0.4) is 0 Å². The first kappa shape index (κ1) is 9.70. The van der Waals surface area contributed by atoms with Gasteiger partial charge in [0.2, 0.25) is 0 Å². The van der Waals surface area contributed by atoms with Crippen molar-refractivity contribution in [3.8, 4) is 0 Å². The maximum Gasteiger partial charge on any atom is 0.355 e. The molecule has 1 unspecified atom stereocenters. The van der Waals surface area contributed by atoms with Crippen LogP contribution in [-0.4, -0.2) is 18.3 Å². The van der Waals surface area contributed by atoms with E-state index in [9.17, 15) is 14.5 Å². The number of hydrogen-bond donors (Lipinski definition) is 1. The van der Waals surface area contributed by atoms with Crippen LogP contribution >= 0.6 is 0 Å². The molecular weight excluding hydrogens is 152 g/mol. The van der Waals surface area contributed by atoms with Crippen LogP contribution in [0.4, 0.5) is 0 Å². The first-order valence-corrected chi connectivity index (χ1v) is 2.95. The van der Waals surface area contributed by atoms with Gasteiger partial charge in [-0.05, 0) is 6.42 Å². The SMILES string of the molecule is NC(CCC=O)C(=O)ON=O. The van der Waals surface area contributed by atoms with Crippen LogP contribution in [0.15, 0.2) is 5.34 Å². The predicted molar refractivity (Wildman–Crippen MR) is 35.2 cm³/mol. The summed E-state index contributed by atoms with van der Waals surface area (Å²) < 4.78 is 0. The van der Waals surface area contributed by atoms with Crippen molar-refractivity contribution in [3.05, 3.63) is 4.91 Å². The fraction of sp³-hybridized carbons (Fsp3) is 0.600. The van der Waals surface area contributed by atoms with Crippen LogP contribution in [-0.2, 0) is 14.4 Å². The highest BCUT2D eigenvalue weighted by atomic mass is 16.7. The normalized spacial score (nSPS) is 11.7. The molecule has 0 aliphatic carbocycles. The monoisotopic (exact) mass is 160 g/mol. The zero-order chi connectivity index (χ0) is 8.69. The lowest BCUT2D eigenvalue weighted by Crippen LogP contribution is -2.31. The lowest BCUT2D eigenvalue weighted by Gasteiger charge is -2.02. The average Bonchev–Trinajstić information content (AvgIpc) is 2.00. The maximum atomic E-state index is 10.5. The van der Waals surface area contributed by atoms with E-state index in [0.717, 1.165) is 0 Å². The molecule has 0 fully saturated rings. The van der Waals surface area contributed by atoms with E-state index in [1.54, 1.807) is 0 Å². The van der Waals surface area contributed by atoms with Gasteiger partial charge < -0.3 is 10.5 Å². The highest BCUT2D eigenvalue weighted by molar-refractivity contribution is 5.75. The lowest BCUT2D eigenvalue weighted by atomic mass is 10.2. The molecule has 0 saturated heterocycles. The van der Waals surface area contributed by atoms with Gasteiger partial charge in [0.1, 0.15) is 12.3 Å². The van der Waals surface area contributed by atoms with Gasteiger partial charge >= 0.3 is 5.97 Å². The van der Waals surface area contributed by atoms with Crippen LogP contribution < -0.4 is 5.73 Å². The second-order valence-corrected chi connectivity index (χ2v) is 1.84. The van der Waals surface area contributed by atoms with E-state index in [1.165, 1.54) is 0 Å². The molecule has 0 amide bonds. The molecule has 2 N–H and O–H groups in total. The molecule has 11 heavy (non-hydrogen) atoms. The van der Waals surface area contributed by atoms with Gasteiger partial charge in [0.25, 0.3) is 0 Å². The van der Waals surface area contributed by atoms with Crippen LogP contribution in [0.25, 0.3) is 0 Å². The Kier molecular flexibility index (Phi) is 4.83. The molecule has 62 valence electrons. The Morgan fingerprint density at radius 1 is 1.73 bits per heavy atom.